The average molecular weight is 580 g/mol. The molecule has 0 bridgehead atoms. The van der Waals surface area contributed by atoms with Gasteiger partial charge in [-0.1, -0.05) is 35.9 Å². The smallest absolute Gasteiger partial charge is 0.260 e. The summed E-state index contributed by atoms with van der Waals surface area (Å²) in [7, 11) is 2.18. The first kappa shape index (κ1) is 28.0. The van der Waals surface area contributed by atoms with Crippen molar-refractivity contribution < 1.29 is 0 Å². The van der Waals surface area contributed by atoms with E-state index in [0.717, 1.165) is 41.1 Å². The van der Waals surface area contributed by atoms with Gasteiger partial charge in [-0.15, -0.1) is 0 Å². The van der Waals surface area contributed by atoms with Gasteiger partial charge >= 0.3 is 0 Å². The lowest BCUT2D eigenvalue weighted by atomic mass is 9.89. The lowest BCUT2D eigenvalue weighted by molar-refractivity contribution is 0.255. The Labute approximate surface area is 250 Å². The van der Waals surface area contributed by atoms with Crippen molar-refractivity contribution in [3.8, 4) is 22.4 Å². The minimum Gasteiger partial charge on any atom is -0.324 e. The Bertz CT molecular complexity index is 1810. The Morgan fingerprint density at radius 2 is 1.71 bits per heavy atom. The first-order chi connectivity index (χ1) is 20.3. The van der Waals surface area contributed by atoms with Crippen LogP contribution in [-0.2, 0) is 6.54 Å². The maximum Gasteiger partial charge on any atom is 0.260 e. The largest absolute Gasteiger partial charge is 0.324 e. The second-order valence-corrected chi connectivity index (χ2v) is 11.4. The zero-order valence-electron chi connectivity index (χ0n) is 24.4. The van der Waals surface area contributed by atoms with Crippen LogP contribution in [0.15, 0.2) is 65.6 Å². The van der Waals surface area contributed by atoms with Gasteiger partial charge in [0.25, 0.3) is 5.56 Å². The average Bonchev–Trinajstić information content (AvgIpc) is 2.97. The molecule has 0 spiro atoms. The molecule has 2 aromatic carbocycles. The molecule has 1 fully saturated rings. The molecule has 0 aliphatic carbocycles. The molecule has 1 N–H and O–H groups in total. The monoisotopic (exact) mass is 579 g/mol. The normalized spacial score (nSPS) is 14.4. The van der Waals surface area contributed by atoms with Gasteiger partial charge in [-0.3, -0.25) is 9.36 Å². The first-order valence-electron chi connectivity index (χ1n) is 14.4. The lowest BCUT2D eigenvalue weighted by Gasteiger charge is -2.29. The van der Waals surface area contributed by atoms with Gasteiger partial charge in [0.15, 0.2) is 0 Å². The molecular formula is C33H34ClN7O. The summed E-state index contributed by atoms with van der Waals surface area (Å²) in [5, 5.41) is 4.55. The highest BCUT2D eigenvalue weighted by atomic mass is 35.5. The van der Waals surface area contributed by atoms with Crippen LogP contribution in [0, 0.1) is 13.8 Å². The number of piperidine rings is 1. The van der Waals surface area contributed by atoms with Crippen LogP contribution in [0.4, 0.5) is 11.6 Å². The summed E-state index contributed by atoms with van der Waals surface area (Å²) >= 11 is 6.76. The zero-order chi connectivity index (χ0) is 29.4. The topological polar surface area (TPSA) is 88.8 Å². The van der Waals surface area contributed by atoms with Crippen LogP contribution in [0.3, 0.4) is 0 Å². The van der Waals surface area contributed by atoms with Gasteiger partial charge in [0.2, 0.25) is 5.95 Å². The van der Waals surface area contributed by atoms with Gasteiger partial charge in [0.05, 0.1) is 5.69 Å². The fourth-order valence-electron chi connectivity index (χ4n) is 5.77. The van der Waals surface area contributed by atoms with Crippen LogP contribution in [-0.4, -0.2) is 49.5 Å². The summed E-state index contributed by atoms with van der Waals surface area (Å²) in [6.45, 7) is 8.47. The SMILES string of the molecule is CCn1c(=O)c(-c2ccc(-c3cc(C)nc(C)n3)cc2Cl)cc2cnc(Nc3ccc(C4CCN(C)CC4)cc3)nc21. The van der Waals surface area contributed by atoms with Crippen LogP contribution in [0.2, 0.25) is 5.02 Å². The van der Waals surface area contributed by atoms with Crippen LogP contribution < -0.4 is 10.9 Å². The highest BCUT2D eigenvalue weighted by Crippen LogP contribution is 2.32. The molecule has 8 nitrogen and oxygen atoms in total. The minimum atomic E-state index is -0.152. The Hall–Kier alpha value is -4.14. The number of hydrogen-bond acceptors (Lipinski definition) is 7. The third-order valence-electron chi connectivity index (χ3n) is 8.02. The fourth-order valence-corrected chi connectivity index (χ4v) is 6.06. The van der Waals surface area contributed by atoms with E-state index < -0.39 is 0 Å². The minimum absolute atomic E-state index is 0.152. The molecule has 0 amide bonds. The first-order valence-corrected chi connectivity index (χ1v) is 14.8. The quantitative estimate of drug-likeness (QED) is 0.238. The number of benzene rings is 2. The number of pyridine rings is 1. The van der Waals surface area contributed by atoms with Gasteiger partial charge in [-0.25, -0.2) is 15.0 Å². The number of fused-ring (bicyclic) bond motifs is 1. The van der Waals surface area contributed by atoms with E-state index in [2.05, 4.69) is 56.5 Å². The van der Waals surface area contributed by atoms with Crippen molar-refractivity contribution in [3.63, 3.8) is 0 Å². The molecule has 214 valence electrons. The van der Waals surface area contributed by atoms with Crippen molar-refractivity contribution in [3.05, 3.63) is 93.3 Å². The van der Waals surface area contributed by atoms with E-state index in [1.165, 1.54) is 18.4 Å². The maximum atomic E-state index is 13.7. The van der Waals surface area contributed by atoms with Crippen molar-refractivity contribution >= 4 is 34.3 Å². The molecule has 0 saturated carbocycles. The summed E-state index contributed by atoms with van der Waals surface area (Å²) < 4.78 is 1.67. The summed E-state index contributed by atoms with van der Waals surface area (Å²) in [6.07, 6.45) is 4.12. The van der Waals surface area contributed by atoms with Gasteiger partial charge in [-0.05, 0) is 95.6 Å². The van der Waals surface area contributed by atoms with E-state index in [0.29, 0.717) is 46.0 Å². The van der Waals surface area contributed by atoms with Crippen LogP contribution in [0.25, 0.3) is 33.4 Å². The van der Waals surface area contributed by atoms with Gasteiger partial charge in [0.1, 0.15) is 11.5 Å². The van der Waals surface area contributed by atoms with E-state index in [1.54, 1.807) is 10.8 Å². The van der Waals surface area contributed by atoms with Crippen LogP contribution >= 0.6 is 11.6 Å². The summed E-state index contributed by atoms with van der Waals surface area (Å²) in [5.41, 5.74) is 6.41. The van der Waals surface area contributed by atoms with Gasteiger partial charge in [-0.2, -0.15) is 4.98 Å². The Morgan fingerprint density at radius 3 is 2.40 bits per heavy atom. The molecule has 42 heavy (non-hydrogen) atoms. The Morgan fingerprint density at radius 1 is 0.952 bits per heavy atom. The number of likely N-dealkylation sites (tertiary alicyclic amines) is 1. The molecule has 4 heterocycles. The van der Waals surface area contributed by atoms with Crippen molar-refractivity contribution in [2.45, 2.75) is 46.1 Å². The van der Waals surface area contributed by atoms with Crippen molar-refractivity contribution in [1.82, 2.24) is 29.4 Å². The molecule has 9 heteroatoms. The molecule has 0 unspecified atom stereocenters. The van der Waals surface area contributed by atoms with Gasteiger partial charge < -0.3 is 10.2 Å². The molecule has 6 rings (SSSR count). The number of rotatable bonds is 6. The Balaban J connectivity index is 1.29. The second-order valence-electron chi connectivity index (χ2n) is 11.0. The third-order valence-corrected chi connectivity index (χ3v) is 8.33. The highest BCUT2D eigenvalue weighted by Gasteiger charge is 2.19. The van der Waals surface area contributed by atoms with Crippen molar-refractivity contribution in [1.29, 1.82) is 0 Å². The molecule has 0 radical (unpaired) electrons. The van der Waals surface area contributed by atoms with Crippen molar-refractivity contribution in [2.24, 2.45) is 0 Å². The summed E-state index contributed by atoms with van der Waals surface area (Å²) in [5.74, 6) is 1.75. The Kier molecular flexibility index (Phi) is 7.75. The third kappa shape index (κ3) is 5.65. The molecular weight excluding hydrogens is 546 g/mol. The van der Waals surface area contributed by atoms with E-state index >= 15 is 0 Å². The van der Waals surface area contributed by atoms with Crippen LogP contribution in [0.5, 0.6) is 0 Å². The standard InChI is InChI=1S/C33H34ClN7O/c1-5-41-31-25(19-35-33(39-31)38-26-9-6-22(7-10-26)23-12-14-40(4)15-13-23)17-28(32(41)42)27-11-8-24(18-29(27)34)30-16-20(2)36-21(3)37-30/h6-11,16-19,23H,5,12-15H2,1-4H3,(H,35,38,39). The van der Waals surface area contributed by atoms with Crippen molar-refractivity contribution in [2.75, 3.05) is 25.5 Å². The number of hydrogen-bond donors (Lipinski definition) is 1. The molecule has 0 atom stereocenters. The van der Waals surface area contributed by atoms with Crippen LogP contribution in [0.1, 0.15) is 42.8 Å². The summed E-state index contributed by atoms with van der Waals surface area (Å²) in [4.78, 5) is 34.3. The fraction of sp³-hybridized carbons (Fsp3) is 0.303. The van der Waals surface area contributed by atoms with Gasteiger partial charge in [0, 0.05) is 51.2 Å². The lowest BCUT2D eigenvalue weighted by Crippen LogP contribution is -2.29. The molecule has 1 aliphatic heterocycles. The number of nitrogens with zero attached hydrogens (tertiary/aromatic N) is 6. The summed E-state index contributed by atoms with van der Waals surface area (Å²) in [6, 6.07) is 17.9. The number of anilines is 2. The van der Waals surface area contributed by atoms with E-state index in [9.17, 15) is 4.79 Å². The molecule has 5 aromatic rings. The number of nitrogens with one attached hydrogen (secondary N) is 1. The van der Waals surface area contributed by atoms with E-state index in [1.807, 2.05) is 51.1 Å². The molecule has 1 saturated heterocycles. The highest BCUT2D eigenvalue weighted by molar-refractivity contribution is 6.33. The molecule has 1 aliphatic rings. The number of aryl methyl sites for hydroxylation is 3. The maximum absolute atomic E-state index is 13.7. The predicted octanol–water partition coefficient (Wildman–Crippen LogP) is 6.76. The predicted molar refractivity (Wildman–Crippen MR) is 170 cm³/mol. The zero-order valence-corrected chi connectivity index (χ0v) is 25.1. The van der Waals surface area contributed by atoms with E-state index in [-0.39, 0.29) is 5.56 Å². The number of aromatic nitrogens is 5. The number of halogens is 1. The second kappa shape index (κ2) is 11.6. The molecule has 3 aromatic heterocycles. The van der Waals surface area contributed by atoms with E-state index in [4.69, 9.17) is 16.6 Å².